The minimum Gasteiger partial charge on any atom is -0.378 e. The summed E-state index contributed by atoms with van der Waals surface area (Å²) in [5, 5.41) is 10.6. The zero-order chi connectivity index (χ0) is 12.5. The zero-order valence-corrected chi connectivity index (χ0v) is 7.68. The predicted octanol–water partition coefficient (Wildman–Crippen LogP) is 0.608. The number of rotatable bonds is 3. The highest BCUT2D eigenvalue weighted by Gasteiger charge is 2.30. The zero-order valence-electron chi connectivity index (χ0n) is 7.68. The number of hydrogen-bond donors (Lipinski definition) is 2. The quantitative estimate of drug-likeness (QED) is 0.583. The van der Waals surface area contributed by atoms with Gasteiger partial charge < -0.3 is 11.5 Å². The number of primary amides is 1. The van der Waals surface area contributed by atoms with Crippen LogP contribution in [0, 0.1) is 10.1 Å². The maximum atomic E-state index is 12.5. The highest BCUT2D eigenvalue weighted by molar-refractivity contribution is 6.00. The maximum absolute atomic E-state index is 12.5. The van der Waals surface area contributed by atoms with Gasteiger partial charge >= 0.3 is 5.69 Å². The third kappa shape index (κ3) is 1.87. The summed E-state index contributed by atoms with van der Waals surface area (Å²) >= 11 is 0. The first-order chi connectivity index (χ1) is 7.36. The first kappa shape index (κ1) is 11.8. The second-order valence-corrected chi connectivity index (χ2v) is 2.74. The van der Waals surface area contributed by atoms with Crippen molar-refractivity contribution >= 4 is 17.4 Å². The van der Waals surface area contributed by atoms with Gasteiger partial charge in [0.05, 0.1) is 10.5 Å². The molecular formula is C7H6F2N4O3. The summed E-state index contributed by atoms with van der Waals surface area (Å²) in [6, 6.07) is 0. The van der Waals surface area contributed by atoms with Gasteiger partial charge in [-0.15, -0.1) is 0 Å². The van der Waals surface area contributed by atoms with Crippen LogP contribution in [0.3, 0.4) is 0 Å². The molecule has 0 atom stereocenters. The van der Waals surface area contributed by atoms with E-state index in [2.05, 4.69) is 4.98 Å². The fraction of sp³-hybridized carbons (Fsp3) is 0.143. The molecule has 1 aromatic rings. The van der Waals surface area contributed by atoms with E-state index in [-0.39, 0.29) is 0 Å². The summed E-state index contributed by atoms with van der Waals surface area (Å²) < 4.78 is 24.9. The third-order valence-electron chi connectivity index (χ3n) is 1.77. The largest absolute Gasteiger partial charge is 0.378 e. The molecule has 0 aliphatic heterocycles. The van der Waals surface area contributed by atoms with Crippen LogP contribution in [0.4, 0.5) is 20.3 Å². The van der Waals surface area contributed by atoms with Crippen LogP contribution in [0.2, 0.25) is 0 Å². The van der Waals surface area contributed by atoms with Crippen molar-refractivity contribution in [2.45, 2.75) is 6.43 Å². The van der Waals surface area contributed by atoms with Gasteiger partial charge in [-0.3, -0.25) is 14.9 Å². The predicted molar refractivity (Wildman–Crippen MR) is 48.8 cm³/mol. The van der Waals surface area contributed by atoms with E-state index >= 15 is 0 Å². The molecule has 9 heteroatoms. The van der Waals surface area contributed by atoms with Crippen LogP contribution in [0.25, 0.3) is 0 Å². The second-order valence-electron chi connectivity index (χ2n) is 2.74. The number of pyridine rings is 1. The van der Waals surface area contributed by atoms with Crippen molar-refractivity contribution in [3.63, 3.8) is 0 Å². The molecule has 0 aliphatic carbocycles. The summed E-state index contributed by atoms with van der Waals surface area (Å²) in [4.78, 5) is 23.6. The van der Waals surface area contributed by atoms with Gasteiger partial charge in [0.15, 0.2) is 0 Å². The highest BCUT2D eigenvalue weighted by Crippen LogP contribution is 2.31. The first-order valence-electron chi connectivity index (χ1n) is 3.87. The topological polar surface area (TPSA) is 125 Å². The van der Waals surface area contributed by atoms with E-state index in [9.17, 15) is 23.7 Å². The average Bonchev–Trinajstić information content (AvgIpc) is 2.15. The van der Waals surface area contributed by atoms with Gasteiger partial charge in [0, 0.05) is 6.20 Å². The molecule has 0 saturated heterocycles. The minimum absolute atomic E-state index is 0.590. The van der Waals surface area contributed by atoms with Crippen LogP contribution < -0.4 is 11.5 Å². The number of carbonyl (C=O) groups is 1. The lowest BCUT2D eigenvalue weighted by atomic mass is 10.1. The maximum Gasteiger partial charge on any atom is 0.324 e. The van der Waals surface area contributed by atoms with E-state index in [4.69, 9.17) is 11.5 Å². The van der Waals surface area contributed by atoms with E-state index in [1.165, 1.54) is 0 Å². The Balaban J connectivity index is 3.63. The van der Waals surface area contributed by atoms with E-state index in [1.807, 2.05) is 0 Å². The minimum atomic E-state index is -3.10. The molecule has 0 aliphatic rings. The van der Waals surface area contributed by atoms with Crippen LogP contribution in [0.1, 0.15) is 22.3 Å². The molecule has 1 rings (SSSR count). The molecule has 0 saturated carbocycles. The van der Waals surface area contributed by atoms with Crippen LogP contribution in [-0.4, -0.2) is 15.8 Å². The Morgan fingerprint density at radius 2 is 2.12 bits per heavy atom. The fourth-order valence-corrected chi connectivity index (χ4v) is 1.14. The molecule has 0 unspecified atom stereocenters. The molecule has 1 amide bonds. The number of nitro groups is 1. The fourth-order valence-electron chi connectivity index (χ4n) is 1.14. The molecule has 86 valence electrons. The van der Waals surface area contributed by atoms with Crippen LogP contribution in [0.15, 0.2) is 6.20 Å². The molecule has 1 aromatic heterocycles. The van der Waals surface area contributed by atoms with Crippen molar-refractivity contribution in [1.29, 1.82) is 0 Å². The molecule has 0 spiro atoms. The lowest BCUT2D eigenvalue weighted by Crippen LogP contribution is -2.18. The smallest absolute Gasteiger partial charge is 0.324 e. The van der Waals surface area contributed by atoms with Crippen LogP contribution in [0.5, 0.6) is 0 Å². The summed E-state index contributed by atoms with van der Waals surface area (Å²) in [5.41, 5.74) is 7.11. The Morgan fingerprint density at radius 3 is 2.50 bits per heavy atom. The number of carbonyl (C=O) groups excluding carboxylic acids is 1. The number of alkyl halides is 2. The molecule has 4 N–H and O–H groups in total. The number of anilines is 1. The standard InChI is InChI=1S/C7H6F2N4O3/c8-5(9)2-1-12-6(10)4(13(15)16)3(2)7(11)14/h1,5H,(H2,10,12)(H2,11,14). The molecule has 0 bridgehead atoms. The first-order valence-corrected chi connectivity index (χ1v) is 3.87. The molecule has 16 heavy (non-hydrogen) atoms. The Morgan fingerprint density at radius 1 is 1.56 bits per heavy atom. The molecule has 7 nitrogen and oxygen atoms in total. The van der Waals surface area contributed by atoms with Gasteiger partial charge in [0.2, 0.25) is 5.82 Å². The van der Waals surface area contributed by atoms with Crippen LogP contribution >= 0.6 is 0 Å². The summed E-state index contributed by atoms with van der Waals surface area (Å²) in [7, 11) is 0. The Bertz CT molecular complexity index is 463. The van der Waals surface area contributed by atoms with E-state index in [0.29, 0.717) is 6.20 Å². The SMILES string of the molecule is NC(=O)c1c(C(F)F)cnc(N)c1[N+](=O)[O-]. The lowest BCUT2D eigenvalue weighted by molar-refractivity contribution is -0.384. The highest BCUT2D eigenvalue weighted by atomic mass is 19.3. The molecule has 0 fully saturated rings. The van der Waals surface area contributed by atoms with Crippen molar-refractivity contribution in [3.05, 3.63) is 27.4 Å². The van der Waals surface area contributed by atoms with Crippen molar-refractivity contribution in [2.75, 3.05) is 5.73 Å². The molecule has 1 heterocycles. The Hall–Kier alpha value is -2.32. The van der Waals surface area contributed by atoms with Crippen LogP contribution in [-0.2, 0) is 0 Å². The van der Waals surface area contributed by atoms with Gasteiger partial charge in [0.25, 0.3) is 12.3 Å². The van der Waals surface area contributed by atoms with Crippen molar-refractivity contribution in [1.82, 2.24) is 4.98 Å². The van der Waals surface area contributed by atoms with E-state index < -0.39 is 39.9 Å². The van der Waals surface area contributed by atoms with Gasteiger partial charge in [-0.1, -0.05) is 0 Å². The number of aromatic nitrogens is 1. The number of amides is 1. The Kier molecular flexibility index (Phi) is 2.97. The number of hydrogen-bond acceptors (Lipinski definition) is 5. The van der Waals surface area contributed by atoms with Gasteiger partial charge in [0.1, 0.15) is 5.56 Å². The van der Waals surface area contributed by atoms with Crippen molar-refractivity contribution in [2.24, 2.45) is 5.73 Å². The van der Waals surface area contributed by atoms with Crippen molar-refractivity contribution in [3.8, 4) is 0 Å². The summed E-state index contributed by atoms with van der Waals surface area (Å²) in [6.45, 7) is 0. The normalized spacial score (nSPS) is 10.4. The summed E-state index contributed by atoms with van der Waals surface area (Å²) in [6.07, 6.45) is -2.51. The molecular weight excluding hydrogens is 226 g/mol. The number of nitrogens with two attached hydrogens (primary N) is 2. The number of nitrogen functional groups attached to an aromatic ring is 1. The van der Waals surface area contributed by atoms with E-state index in [0.717, 1.165) is 0 Å². The van der Waals surface area contributed by atoms with Gasteiger partial charge in [-0.25, -0.2) is 13.8 Å². The third-order valence-corrected chi connectivity index (χ3v) is 1.77. The number of halogens is 2. The number of nitrogens with zero attached hydrogens (tertiary/aromatic N) is 2. The van der Waals surface area contributed by atoms with Gasteiger partial charge in [-0.2, -0.15) is 0 Å². The van der Waals surface area contributed by atoms with Crippen molar-refractivity contribution < 1.29 is 18.5 Å². The average molecular weight is 232 g/mol. The lowest BCUT2D eigenvalue weighted by Gasteiger charge is -2.06. The monoisotopic (exact) mass is 232 g/mol. The molecule has 0 aromatic carbocycles. The Labute approximate surface area is 87.2 Å². The van der Waals surface area contributed by atoms with Gasteiger partial charge in [-0.05, 0) is 0 Å². The van der Waals surface area contributed by atoms with E-state index in [1.54, 1.807) is 0 Å². The molecule has 0 radical (unpaired) electrons. The summed E-state index contributed by atoms with van der Waals surface area (Å²) in [5.74, 6) is -1.99. The second kappa shape index (κ2) is 4.04.